The van der Waals surface area contributed by atoms with Gasteiger partial charge in [-0.25, -0.2) is 4.79 Å². The lowest BCUT2D eigenvalue weighted by Gasteiger charge is -2.14. The van der Waals surface area contributed by atoms with Gasteiger partial charge in [0, 0.05) is 23.5 Å². The Bertz CT molecular complexity index is 1260. The molecule has 0 aliphatic heterocycles. The minimum absolute atomic E-state index is 0.00766. The molecule has 3 aromatic rings. The molecule has 10 heteroatoms. The fourth-order valence-corrected chi connectivity index (χ4v) is 3.21. The van der Waals surface area contributed by atoms with Gasteiger partial charge >= 0.3 is 12.1 Å². The molecule has 0 aliphatic carbocycles. The number of esters is 1. The summed E-state index contributed by atoms with van der Waals surface area (Å²) in [4.78, 5) is 37.5. The maximum absolute atomic E-state index is 13.1. The zero-order chi connectivity index (χ0) is 24.3. The summed E-state index contributed by atoms with van der Waals surface area (Å²) in [5, 5.41) is 2.57. The molecule has 0 spiro atoms. The number of carbonyl (C=O) groups excluding carboxylic acids is 2. The molecule has 7 nitrogen and oxygen atoms in total. The number of pyridine rings is 1. The number of aryl methyl sites for hydroxylation is 2. The molecule has 0 aliphatic rings. The number of amides is 1. The van der Waals surface area contributed by atoms with Gasteiger partial charge in [0.1, 0.15) is 11.3 Å². The van der Waals surface area contributed by atoms with Gasteiger partial charge in [0.2, 0.25) is 5.76 Å². The number of benzene rings is 1. The van der Waals surface area contributed by atoms with E-state index in [0.717, 1.165) is 16.7 Å². The first-order valence-electron chi connectivity index (χ1n) is 9.97. The lowest BCUT2D eigenvalue weighted by atomic mass is 10.1. The number of hydrogen-bond acceptors (Lipinski definition) is 5. The highest BCUT2D eigenvalue weighted by molar-refractivity contribution is 5.94. The Kier molecular flexibility index (Phi) is 6.75. The van der Waals surface area contributed by atoms with E-state index in [1.807, 2.05) is 0 Å². The molecule has 0 unspecified atom stereocenters. The van der Waals surface area contributed by atoms with Gasteiger partial charge in [-0.05, 0) is 57.2 Å². The summed E-state index contributed by atoms with van der Waals surface area (Å²) >= 11 is 0. The Morgan fingerprint density at radius 2 is 1.85 bits per heavy atom. The van der Waals surface area contributed by atoms with Gasteiger partial charge in [0.05, 0.1) is 12.2 Å². The predicted molar refractivity (Wildman–Crippen MR) is 112 cm³/mol. The van der Waals surface area contributed by atoms with E-state index in [2.05, 4.69) is 5.32 Å². The van der Waals surface area contributed by atoms with Crippen molar-refractivity contribution in [2.24, 2.45) is 0 Å². The number of ether oxygens (including phenoxy) is 1. The Morgan fingerprint density at radius 1 is 1.12 bits per heavy atom. The van der Waals surface area contributed by atoms with Crippen LogP contribution >= 0.6 is 0 Å². The molecule has 0 fully saturated rings. The Morgan fingerprint density at radius 3 is 2.52 bits per heavy atom. The van der Waals surface area contributed by atoms with Crippen molar-refractivity contribution >= 4 is 11.9 Å². The van der Waals surface area contributed by atoms with Crippen molar-refractivity contribution in [3.05, 3.63) is 86.7 Å². The lowest BCUT2D eigenvalue weighted by molar-refractivity contribution is -0.137. The molecular formula is C23H21F3N2O5. The van der Waals surface area contributed by atoms with Crippen LogP contribution in [-0.2, 0) is 17.5 Å². The molecule has 0 bridgehead atoms. The van der Waals surface area contributed by atoms with Gasteiger partial charge in [-0.15, -0.1) is 0 Å². The van der Waals surface area contributed by atoms with Crippen molar-refractivity contribution in [3.63, 3.8) is 0 Å². The summed E-state index contributed by atoms with van der Waals surface area (Å²) in [6.07, 6.45) is -4.58. The molecule has 1 aromatic carbocycles. The molecule has 1 amide bonds. The van der Waals surface area contributed by atoms with E-state index in [9.17, 15) is 27.6 Å². The molecule has 174 valence electrons. The SMILES string of the molecule is CCOC(=O)c1cc(CNC(=O)c2ccc(C)n(-c3cccc(C(F)(F)F)c3)c2=O)c(C)o1. The van der Waals surface area contributed by atoms with Crippen LogP contribution in [0, 0.1) is 13.8 Å². The molecule has 2 heterocycles. The second-order valence-corrected chi connectivity index (χ2v) is 7.17. The van der Waals surface area contributed by atoms with E-state index in [0.29, 0.717) is 17.0 Å². The molecule has 2 aromatic heterocycles. The number of nitrogens with zero attached hydrogens (tertiary/aromatic N) is 1. The first kappa shape index (κ1) is 23.8. The number of carbonyl (C=O) groups is 2. The minimum Gasteiger partial charge on any atom is -0.460 e. The molecule has 0 radical (unpaired) electrons. The van der Waals surface area contributed by atoms with Crippen LogP contribution in [0.15, 0.2) is 51.7 Å². The van der Waals surface area contributed by atoms with Crippen molar-refractivity contribution in [1.82, 2.24) is 9.88 Å². The fraction of sp³-hybridized carbons (Fsp3) is 0.261. The zero-order valence-electron chi connectivity index (χ0n) is 18.1. The van der Waals surface area contributed by atoms with Crippen LogP contribution in [-0.4, -0.2) is 23.1 Å². The molecule has 0 saturated heterocycles. The van der Waals surface area contributed by atoms with E-state index in [-0.39, 0.29) is 30.2 Å². The monoisotopic (exact) mass is 462 g/mol. The molecule has 0 atom stereocenters. The van der Waals surface area contributed by atoms with Crippen LogP contribution in [0.2, 0.25) is 0 Å². The minimum atomic E-state index is -4.58. The maximum Gasteiger partial charge on any atom is 0.416 e. The summed E-state index contributed by atoms with van der Waals surface area (Å²) in [7, 11) is 0. The van der Waals surface area contributed by atoms with Crippen molar-refractivity contribution in [1.29, 1.82) is 0 Å². The van der Waals surface area contributed by atoms with E-state index in [4.69, 9.17) is 9.15 Å². The molecular weight excluding hydrogens is 441 g/mol. The van der Waals surface area contributed by atoms with Gasteiger partial charge in [0.15, 0.2) is 0 Å². The van der Waals surface area contributed by atoms with Gasteiger partial charge in [0.25, 0.3) is 11.5 Å². The largest absolute Gasteiger partial charge is 0.460 e. The molecule has 3 rings (SSSR count). The van der Waals surface area contributed by atoms with E-state index < -0.39 is 29.2 Å². The number of furan rings is 1. The number of rotatable bonds is 6. The summed E-state index contributed by atoms with van der Waals surface area (Å²) in [6, 6.07) is 8.52. The van der Waals surface area contributed by atoms with E-state index in [1.165, 1.54) is 30.3 Å². The van der Waals surface area contributed by atoms with Gasteiger partial charge in [-0.2, -0.15) is 13.2 Å². The second kappa shape index (κ2) is 9.35. The number of nitrogens with one attached hydrogen (secondary N) is 1. The highest BCUT2D eigenvalue weighted by Crippen LogP contribution is 2.30. The number of alkyl halides is 3. The first-order chi connectivity index (χ1) is 15.5. The zero-order valence-corrected chi connectivity index (χ0v) is 18.1. The quantitative estimate of drug-likeness (QED) is 0.556. The van der Waals surface area contributed by atoms with Crippen LogP contribution < -0.4 is 10.9 Å². The third-order valence-corrected chi connectivity index (χ3v) is 4.89. The van der Waals surface area contributed by atoms with E-state index in [1.54, 1.807) is 20.8 Å². The Hall–Kier alpha value is -3.82. The van der Waals surface area contributed by atoms with Crippen LogP contribution in [0.25, 0.3) is 5.69 Å². The molecule has 1 N–H and O–H groups in total. The Labute approximate surface area is 186 Å². The molecule has 33 heavy (non-hydrogen) atoms. The smallest absolute Gasteiger partial charge is 0.416 e. The van der Waals surface area contributed by atoms with Crippen molar-refractivity contribution in [2.75, 3.05) is 6.61 Å². The maximum atomic E-state index is 13.1. The second-order valence-electron chi connectivity index (χ2n) is 7.17. The summed E-state index contributed by atoms with van der Waals surface area (Å²) in [5.41, 5.74) is -1.05. The van der Waals surface area contributed by atoms with Crippen LogP contribution in [0.5, 0.6) is 0 Å². The first-order valence-corrected chi connectivity index (χ1v) is 9.97. The summed E-state index contributed by atoms with van der Waals surface area (Å²) < 4.78 is 50.5. The van der Waals surface area contributed by atoms with Crippen molar-refractivity contribution in [3.8, 4) is 5.69 Å². The average molecular weight is 462 g/mol. The number of aromatic nitrogens is 1. The number of halogens is 3. The highest BCUT2D eigenvalue weighted by atomic mass is 19.4. The van der Waals surface area contributed by atoms with Crippen molar-refractivity contribution in [2.45, 2.75) is 33.5 Å². The average Bonchev–Trinajstić information content (AvgIpc) is 3.12. The van der Waals surface area contributed by atoms with Crippen molar-refractivity contribution < 1.29 is 31.9 Å². The predicted octanol–water partition coefficient (Wildman–Crippen LogP) is 4.17. The summed E-state index contributed by atoms with van der Waals surface area (Å²) in [6.45, 7) is 4.95. The third kappa shape index (κ3) is 5.16. The van der Waals surface area contributed by atoms with Gasteiger partial charge in [-0.3, -0.25) is 14.2 Å². The number of hydrogen-bond donors (Lipinski definition) is 1. The van der Waals surface area contributed by atoms with Crippen LogP contribution in [0.3, 0.4) is 0 Å². The lowest BCUT2D eigenvalue weighted by Crippen LogP contribution is -2.33. The van der Waals surface area contributed by atoms with E-state index >= 15 is 0 Å². The standard InChI is InChI=1S/C23H21F3N2O5/c1-4-32-22(31)19-10-15(14(3)33-19)12-27-20(29)18-9-8-13(2)28(21(18)30)17-7-5-6-16(11-17)23(24,25)26/h5-11H,4,12H2,1-3H3,(H,27,29). The van der Waals surface area contributed by atoms with Gasteiger partial charge in [-0.1, -0.05) is 6.07 Å². The van der Waals surface area contributed by atoms with Gasteiger partial charge < -0.3 is 14.5 Å². The molecule has 0 saturated carbocycles. The fourth-order valence-electron chi connectivity index (χ4n) is 3.21. The third-order valence-electron chi connectivity index (χ3n) is 4.89. The van der Waals surface area contributed by atoms with Crippen LogP contribution in [0.4, 0.5) is 13.2 Å². The normalized spacial score (nSPS) is 11.3. The Balaban J connectivity index is 1.86. The topological polar surface area (TPSA) is 90.5 Å². The summed E-state index contributed by atoms with van der Waals surface area (Å²) in [5.74, 6) is -0.982. The van der Waals surface area contributed by atoms with Crippen LogP contribution in [0.1, 0.15) is 50.4 Å². The highest BCUT2D eigenvalue weighted by Gasteiger charge is 2.30.